The van der Waals surface area contributed by atoms with E-state index in [4.69, 9.17) is 16.7 Å². The minimum atomic E-state index is -0.943. The smallest absolute Gasteiger partial charge is 0.321 e. The first-order valence-electron chi connectivity index (χ1n) is 2.42. The van der Waals surface area contributed by atoms with Gasteiger partial charge in [-0.15, -0.1) is 11.6 Å². The quantitative estimate of drug-likeness (QED) is 0.582. The Kier molecular flexibility index (Phi) is 2.84. The van der Waals surface area contributed by atoms with Crippen molar-refractivity contribution in [3.05, 3.63) is 0 Å². The summed E-state index contributed by atoms with van der Waals surface area (Å²) in [7, 11) is 0. The van der Waals surface area contributed by atoms with Crippen LogP contribution >= 0.6 is 11.6 Å². The van der Waals surface area contributed by atoms with Gasteiger partial charge in [0.05, 0.1) is 0 Å². The Morgan fingerprint density at radius 1 is 1.62 bits per heavy atom. The number of alkyl halides is 1. The summed E-state index contributed by atoms with van der Waals surface area (Å²) in [4.78, 5) is 10.0. The molecule has 0 spiro atoms. The SMILES string of the molecule is CC(C)C(Cl)C(=O)O. The number of aliphatic carboxylic acids is 1. The van der Waals surface area contributed by atoms with Gasteiger partial charge >= 0.3 is 5.97 Å². The molecule has 0 radical (unpaired) electrons. The summed E-state index contributed by atoms with van der Waals surface area (Å²) < 4.78 is 0. The van der Waals surface area contributed by atoms with Gasteiger partial charge in [-0.2, -0.15) is 0 Å². The number of carboxylic acid groups (broad SMARTS) is 1. The van der Waals surface area contributed by atoms with Crippen molar-refractivity contribution in [2.75, 3.05) is 0 Å². The predicted molar refractivity (Wildman–Crippen MR) is 32.1 cm³/mol. The highest BCUT2D eigenvalue weighted by Gasteiger charge is 2.16. The molecule has 0 rings (SSSR count). The van der Waals surface area contributed by atoms with Gasteiger partial charge in [-0.3, -0.25) is 4.79 Å². The summed E-state index contributed by atoms with van der Waals surface area (Å²) in [5.41, 5.74) is 0. The lowest BCUT2D eigenvalue weighted by Gasteiger charge is -2.05. The monoisotopic (exact) mass is 136 g/mol. The molecule has 0 bridgehead atoms. The molecule has 0 aromatic carbocycles. The molecule has 8 heavy (non-hydrogen) atoms. The van der Waals surface area contributed by atoms with Crippen LogP contribution in [0.3, 0.4) is 0 Å². The number of hydrogen-bond acceptors (Lipinski definition) is 1. The van der Waals surface area contributed by atoms with E-state index in [1.165, 1.54) is 0 Å². The molecule has 0 aliphatic heterocycles. The zero-order valence-corrected chi connectivity index (χ0v) is 5.64. The number of carboxylic acids is 1. The van der Waals surface area contributed by atoms with Gasteiger partial charge in [0.15, 0.2) is 0 Å². The Hall–Kier alpha value is -0.240. The second-order valence-electron chi connectivity index (χ2n) is 1.98. The van der Waals surface area contributed by atoms with Crippen molar-refractivity contribution in [1.29, 1.82) is 0 Å². The summed E-state index contributed by atoms with van der Waals surface area (Å²) in [6.07, 6.45) is 0. The predicted octanol–water partition coefficient (Wildman–Crippen LogP) is 1.33. The molecular formula is C5H9ClO2. The lowest BCUT2D eigenvalue weighted by atomic mass is 10.1. The minimum absolute atomic E-state index is 0.00849. The lowest BCUT2D eigenvalue weighted by Crippen LogP contribution is -2.19. The van der Waals surface area contributed by atoms with Gasteiger partial charge in [0.25, 0.3) is 0 Å². The van der Waals surface area contributed by atoms with Crippen LogP contribution in [-0.2, 0) is 4.79 Å². The molecule has 0 saturated heterocycles. The first-order valence-corrected chi connectivity index (χ1v) is 2.86. The fourth-order valence-electron chi connectivity index (χ4n) is 0.285. The fourth-order valence-corrected chi connectivity index (χ4v) is 0.285. The summed E-state index contributed by atoms with van der Waals surface area (Å²) in [6.45, 7) is 3.54. The molecule has 1 atom stereocenters. The standard InChI is InChI=1S/C5H9ClO2/c1-3(2)4(6)5(7)8/h3-4H,1-2H3,(H,7,8). The van der Waals surface area contributed by atoms with E-state index in [9.17, 15) is 4.79 Å². The third kappa shape index (κ3) is 2.17. The van der Waals surface area contributed by atoms with E-state index in [2.05, 4.69) is 0 Å². The van der Waals surface area contributed by atoms with E-state index in [1.807, 2.05) is 0 Å². The molecule has 0 saturated carbocycles. The molecule has 0 aromatic heterocycles. The van der Waals surface area contributed by atoms with Gasteiger partial charge in [0.2, 0.25) is 0 Å². The fraction of sp³-hybridized carbons (Fsp3) is 0.800. The number of rotatable bonds is 2. The van der Waals surface area contributed by atoms with Crippen molar-refractivity contribution in [1.82, 2.24) is 0 Å². The Bertz CT molecular complexity index is 90.4. The van der Waals surface area contributed by atoms with Crippen molar-refractivity contribution in [2.45, 2.75) is 19.2 Å². The zero-order valence-electron chi connectivity index (χ0n) is 4.89. The molecule has 2 nitrogen and oxygen atoms in total. The van der Waals surface area contributed by atoms with E-state index in [0.29, 0.717) is 0 Å². The van der Waals surface area contributed by atoms with Gasteiger partial charge in [0, 0.05) is 0 Å². The molecule has 1 N–H and O–H groups in total. The van der Waals surface area contributed by atoms with Crippen LogP contribution in [0.4, 0.5) is 0 Å². The molecule has 48 valence electrons. The molecule has 0 heterocycles. The van der Waals surface area contributed by atoms with Gasteiger partial charge in [-0.1, -0.05) is 13.8 Å². The van der Waals surface area contributed by atoms with Crippen LogP contribution in [0.25, 0.3) is 0 Å². The van der Waals surface area contributed by atoms with Crippen LogP contribution in [-0.4, -0.2) is 16.5 Å². The maximum absolute atomic E-state index is 10.0. The average Bonchev–Trinajstić information content (AvgIpc) is 1.64. The van der Waals surface area contributed by atoms with Gasteiger partial charge in [-0.05, 0) is 5.92 Å². The van der Waals surface area contributed by atoms with E-state index in [-0.39, 0.29) is 5.92 Å². The second kappa shape index (κ2) is 2.92. The van der Waals surface area contributed by atoms with Gasteiger partial charge in [0.1, 0.15) is 5.38 Å². The summed E-state index contributed by atoms with van der Waals surface area (Å²) in [6, 6.07) is 0. The topological polar surface area (TPSA) is 37.3 Å². The van der Waals surface area contributed by atoms with E-state index >= 15 is 0 Å². The maximum atomic E-state index is 10.0. The van der Waals surface area contributed by atoms with E-state index in [0.717, 1.165) is 0 Å². The number of halogens is 1. The van der Waals surface area contributed by atoms with Gasteiger partial charge in [-0.25, -0.2) is 0 Å². The minimum Gasteiger partial charge on any atom is -0.480 e. The Labute approximate surface area is 53.5 Å². The van der Waals surface area contributed by atoms with E-state index in [1.54, 1.807) is 13.8 Å². The molecule has 0 aromatic rings. The average molecular weight is 137 g/mol. The molecule has 0 amide bonds. The molecular weight excluding hydrogens is 128 g/mol. The number of carbonyl (C=O) groups is 1. The largest absolute Gasteiger partial charge is 0.480 e. The second-order valence-corrected chi connectivity index (χ2v) is 2.45. The first kappa shape index (κ1) is 7.76. The molecule has 0 fully saturated rings. The highest BCUT2D eigenvalue weighted by atomic mass is 35.5. The summed E-state index contributed by atoms with van der Waals surface area (Å²) in [5.74, 6) is -0.934. The highest BCUT2D eigenvalue weighted by Crippen LogP contribution is 2.08. The van der Waals surface area contributed by atoms with Crippen molar-refractivity contribution < 1.29 is 9.90 Å². The summed E-state index contributed by atoms with van der Waals surface area (Å²) >= 11 is 5.35. The van der Waals surface area contributed by atoms with Crippen molar-refractivity contribution in [2.24, 2.45) is 5.92 Å². The highest BCUT2D eigenvalue weighted by molar-refractivity contribution is 6.29. The van der Waals surface area contributed by atoms with Crippen LogP contribution in [0.2, 0.25) is 0 Å². The molecule has 1 unspecified atom stereocenters. The Balaban J connectivity index is 3.64. The Morgan fingerprint density at radius 2 is 2.00 bits per heavy atom. The van der Waals surface area contributed by atoms with Gasteiger partial charge < -0.3 is 5.11 Å². The van der Waals surface area contributed by atoms with Crippen molar-refractivity contribution in [3.63, 3.8) is 0 Å². The lowest BCUT2D eigenvalue weighted by molar-refractivity contribution is -0.137. The van der Waals surface area contributed by atoms with E-state index < -0.39 is 11.3 Å². The van der Waals surface area contributed by atoms with Crippen LogP contribution in [0.1, 0.15) is 13.8 Å². The molecule has 0 aliphatic carbocycles. The zero-order chi connectivity index (χ0) is 6.73. The van der Waals surface area contributed by atoms with Crippen LogP contribution in [0.5, 0.6) is 0 Å². The van der Waals surface area contributed by atoms with Crippen molar-refractivity contribution >= 4 is 17.6 Å². The molecule has 3 heteroatoms. The third-order valence-electron chi connectivity index (χ3n) is 0.821. The van der Waals surface area contributed by atoms with Crippen LogP contribution in [0, 0.1) is 5.92 Å². The van der Waals surface area contributed by atoms with Crippen LogP contribution < -0.4 is 0 Å². The first-order chi connectivity index (χ1) is 3.55. The Morgan fingerprint density at radius 3 is 2.00 bits per heavy atom. The van der Waals surface area contributed by atoms with Crippen molar-refractivity contribution in [3.8, 4) is 0 Å². The van der Waals surface area contributed by atoms with Crippen LogP contribution in [0.15, 0.2) is 0 Å². The normalized spacial score (nSPS) is 14.0. The molecule has 0 aliphatic rings. The summed E-state index contributed by atoms with van der Waals surface area (Å²) in [5, 5.41) is 7.48. The number of hydrogen-bond donors (Lipinski definition) is 1. The maximum Gasteiger partial charge on any atom is 0.321 e. The third-order valence-corrected chi connectivity index (χ3v) is 1.51.